The number of rotatable bonds is 4. The van der Waals surface area contributed by atoms with Crippen LogP contribution in [0.2, 0.25) is 0 Å². The van der Waals surface area contributed by atoms with Crippen molar-refractivity contribution in [2.45, 2.75) is 19.8 Å². The van der Waals surface area contributed by atoms with E-state index in [1.54, 1.807) is 0 Å². The largest absolute Gasteiger partial charge is 0.478 e. The SMILES string of the molecule is CC(C)c1nc(C(=O)Nc2cc(F)ccc2C(=O)O)n[nH]1. The first-order valence-electron chi connectivity index (χ1n) is 6.15. The normalized spacial score (nSPS) is 10.7. The van der Waals surface area contributed by atoms with Crippen LogP contribution in [0.4, 0.5) is 10.1 Å². The highest BCUT2D eigenvalue weighted by molar-refractivity contribution is 6.05. The van der Waals surface area contributed by atoms with Crippen LogP contribution in [-0.4, -0.2) is 32.2 Å². The Morgan fingerprint density at radius 1 is 1.38 bits per heavy atom. The van der Waals surface area contributed by atoms with Gasteiger partial charge in [-0.25, -0.2) is 14.2 Å². The number of carbonyl (C=O) groups is 2. The molecule has 1 aromatic carbocycles. The molecule has 0 aliphatic heterocycles. The van der Waals surface area contributed by atoms with Gasteiger partial charge in [-0.1, -0.05) is 13.8 Å². The third-order valence-corrected chi connectivity index (χ3v) is 2.71. The summed E-state index contributed by atoms with van der Waals surface area (Å²) in [6, 6.07) is 3.00. The molecule has 8 heteroatoms. The monoisotopic (exact) mass is 292 g/mol. The lowest BCUT2D eigenvalue weighted by Crippen LogP contribution is -2.16. The maximum absolute atomic E-state index is 13.2. The van der Waals surface area contributed by atoms with Gasteiger partial charge in [0.2, 0.25) is 5.82 Å². The van der Waals surface area contributed by atoms with Crippen molar-refractivity contribution in [2.75, 3.05) is 5.32 Å². The first kappa shape index (κ1) is 14.6. The number of halogens is 1. The Hall–Kier alpha value is -2.77. The molecule has 7 nitrogen and oxygen atoms in total. The van der Waals surface area contributed by atoms with Crippen molar-refractivity contribution in [2.24, 2.45) is 0 Å². The number of carboxylic acids is 1. The maximum atomic E-state index is 13.2. The lowest BCUT2D eigenvalue weighted by molar-refractivity contribution is 0.0698. The number of hydrogen-bond acceptors (Lipinski definition) is 4. The van der Waals surface area contributed by atoms with Crippen LogP contribution in [0.1, 0.15) is 46.6 Å². The molecular weight excluding hydrogens is 279 g/mol. The molecule has 0 aliphatic rings. The fourth-order valence-corrected chi connectivity index (χ4v) is 1.62. The van der Waals surface area contributed by atoms with Crippen molar-refractivity contribution >= 4 is 17.6 Å². The number of nitrogens with one attached hydrogen (secondary N) is 2. The second-order valence-electron chi connectivity index (χ2n) is 4.65. The highest BCUT2D eigenvalue weighted by atomic mass is 19.1. The summed E-state index contributed by atoms with van der Waals surface area (Å²) in [6.45, 7) is 3.74. The van der Waals surface area contributed by atoms with Gasteiger partial charge >= 0.3 is 5.97 Å². The molecule has 0 saturated carbocycles. The van der Waals surface area contributed by atoms with E-state index in [9.17, 15) is 14.0 Å². The molecule has 1 aromatic heterocycles. The van der Waals surface area contributed by atoms with E-state index in [0.29, 0.717) is 5.82 Å². The van der Waals surface area contributed by atoms with Crippen LogP contribution in [0, 0.1) is 5.82 Å². The molecule has 2 rings (SSSR count). The summed E-state index contributed by atoms with van der Waals surface area (Å²) in [5.41, 5.74) is -0.368. The van der Waals surface area contributed by atoms with Crippen molar-refractivity contribution < 1.29 is 19.1 Å². The number of anilines is 1. The van der Waals surface area contributed by atoms with Crippen molar-refractivity contribution in [3.63, 3.8) is 0 Å². The van der Waals surface area contributed by atoms with Gasteiger partial charge in [0, 0.05) is 5.92 Å². The zero-order valence-corrected chi connectivity index (χ0v) is 11.3. The predicted molar refractivity (Wildman–Crippen MR) is 71.8 cm³/mol. The Morgan fingerprint density at radius 3 is 2.67 bits per heavy atom. The number of carbonyl (C=O) groups excluding carboxylic acids is 1. The summed E-state index contributed by atoms with van der Waals surface area (Å²) < 4.78 is 13.2. The van der Waals surface area contributed by atoms with Gasteiger partial charge in [-0.2, -0.15) is 0 Å². The van der Waals surface area contributed by atoms with Gasteiger partial charge in [0.1, 0.15) is 11.6 Å². The number of carboxylic acid groups (broad SMARTS) is 1. The van der Waals surface area contributed by atoms with Gasteiger partial charge in [0.05, 0.1) is 11.3 Å². The Morgan fingerprint density at radius 2 is 2.10 bits per heavy atom. The van der Waals surface area contributed by atoms with Gasteiger partial charge in [-0.05, 0) is 18.2 Å². The van der Waals surface area contributed by atoms with Crippen LogP contribution in [0.5, 0.6) is 0 Å². The first-order valence-corrected chi connectivity index (χ1v) is 6.15. The molecule has 0 bridgehead atoms. The molecule has 1 heterocycles. The average molecular weight is 292 g/mol. The minimum absolute atomic E-state index is 0.0581. The Bertz CT molecular complexity index is 696. The lowest BCUT2D eigenvalue weighted by atomic mass is 10.1. The zero-order valence-electron chi connectivity index (χ0n) is 11.3. The average Bonchev–Trinajstić information content (AvgIpc) is 2.88. The van der Waals surface area contributed by atoms with Gasteiger partial charge in [-0.15, -0.1) is 5.10 Å². The van der Waals surface area contributed by atoms with Crippen LogP contribution in [0.3, 0.4) is 0 Å². The predicted octanol–water partition coefficient (Wildman–Crippen LogP) is 2.02. The Labute approximate surface area is 119 Å². The number of aromatic nitrogens is 3. The summed E-state index contributed by atoms with van der Waals surface area (Å²) >= 11 is 0. The van der Waals surface area contributed by atoms with E-state index in [-0.39, 0.29) is 23.0 Å². The van der Waals surface area contributed by atoms with Crippen LogP contribution >= 0.6 is 0 Å². The quantitative estimate of drug-likeness (QED) is 0.799. The van der Waals surface area contributed by atoms with Gasteiger partial charge < -0.3 is 10.4 Å². The van der Waals surface area contributed by atoms with Crippen molar-refractivity contribution in [1.82, 2.24) is 15.2 Å². The molecule has 2 aromatic rings. The van der Waals surface area contributed by atoms with E-state index in [1.165, 1.54) is 0 Å². The molecule has 3 N–H and O–H groups in total. The van der Waals surface area contributed by atoms with E-state index >= 15 is 0 Å². The lowest BCUT2D eigenvalue weighted by Gasteiger charge is -2.06. The first-order chi connectivity index (χ1) is 9.88. The molecule has 0 aliphatic carbocycles. The summed E-state index contributed by atoms with van der Waals surface area (Å²) in [7, 11) is 0. The molecular formula is C13H13FN4O3. The van der Waals surface area contributed by atoms with Crippen molar-refractivity contribution in [3.8, 4) is 0 Å². The van der Waals surface area contributed by atoms with Gasteiger partial charge in [0.25, 0.3) is 5.91 Å². The molecule has 0 unspecified atom stereocenters. The van der Waals surface area contributed by atoms with E-state index in [0.717, 1.165) is 18.2 Å². The third kappa shape index (κ3) is 3.22. The van der Waals surface area contributed by atoms with Gasteiger partial charge in [-0.3, -0.25) is 9.89 Å². The fraction of sp³-hybridized carbons (Fsp3) is 0.231. The van der Waals surface area contributed by atoms with E-state index in [2.05, 4.69) is 20.5 Å². The smallest absolute Gasteiger partial charge is 0.337 e. The molecule has 0 spiro atoms. The minimum Gasteiger partial charge on any atom is -0.478 e. The van der Waals surface area contributed by atoms with Crippen LogP contribution in [0.25, 0.3) is 0 Å². The number of aromatic amines is 1. The van der Waals surface area contributed by atoms with Crippen LogP contribution < -0.4 is 5.32 Å². The number of amides is 1. The van der Waals surface area contributed by atoms with Crippen molar-refractivity contribution in [3.05, 3.63) is 41.2 Å². The molecule has 110 valence electrons. The molecule has 21 heavy (non-hydrogen) atoms. The topological polar surface area (TPSA) is 108 Å². The number of hydrogen-bond donors (Lipinski definition) is 3. The summed E-state index contributed by atoms with van der Waals surface area (Å²) in [5, 5.41) is 17.7. The molecule has 0 fully saturated rings. The summed E-state index contributed by atoms with van der Waals surface area (Å²) in [5.74, 6) is -2.21. The van der Waals surface area contributed by atoms with Crippen molar-refractivity contribution in [1.29, 1.82) is 0 Å². The third-order valence-electron chi connectivity index (χ3n) is 2.71. The van der Waals surface area contributed by atoms with Crippen LogP contribution in [0.15, 0.2) is 18.2 Å². The Kier molecular flexibility index (Phi) is 3.97. The molecule has 0 atom stereocenters. The standard InChI is InChI=1S/C13H13FN4O3/c1-6(2)10-16-11(18-17-10)12(19)15-9-5-7(14)3-4-8(9)13(20)21/h3-6H,1-2H3,(H,15,19)(H,20,21)(H,16,17,18). The maximum Gasteiger partial charge on any atom is 0.337 e. The number of H-pyrrole nitrogens is 1. The number of nitrogens with zero attached hydrogens (tertiary/aromatic N) is 2. The van der Waals surface area contributed by atoms with Gasteiger partial charge in [0.15, 0.2) is 0 Å². The fourth-order valence-electron chi connectivity index (χ4n) is 1.62. The minimum atomic E-state index is -1.27. The molecule has 0 saturated heterocycles. The highest BCUT2D eigenvalue weighted by Gasteiger charge is 2.18. The molecule has 1 amide bonds. The zero-order chi connectivity index (χ0) is 15.6. The second-order valence-corrected chi connectivity index (χ2v) is 4.65. The second kappa shape index (κ2) is 5.70. The molecule has 0 radical (unpaired) electrons. The summed E-state index contributed by atoms with van der Waals surface area (Å²) in [6.07, 6.45) is 0. The summed E-state index contributed by atoms with van der Waals surface area (Å²) in [4.78, 5) is 27.0. The van der Waals surface area contributed by atoms with E-state index in [1.807, 2.05) is 13.8 Å². The number of aromatic carboxylic acids is 1. The number of benzene rings is 1. The highest BCUT2D eigenvalue weighted by Crippen LogP contribution is 2.18. The van der Waals surface area contributed by atoms with E-state index in [4.69, 9.17) is 5.11 Å². The van der Waals surface area contributed by atoms with Crippen LogP contribution in [-0.2, 0) is 0 Å². The van der Waals surface area contributed by atoms with E-state index < -0.39 is 17.7 Å². The Balaban J connectivity index is 2.26.